The average Bonchev–Trinajstić information content (AvgIpc) is 2.94. The summed E-state index contributed by atoms with van der Waals surface area (Å²) >= 11 is 0. The van der Waals surface area contributed by atoms with Crippen molar-refractivity contribution in [3.8, 4) is 0 Å². The second-order valence-corrected chi connectivity index (χ2v) is 5.47. The third-order valence-electron chi connectivity index (χ3n) is 4.02. The number of hydrogen-bond donors (Lipinski definition) is 2. The predicted molar refractivity (Wildman–Crippen MR) is 79.0 cm³/mol. The van der Waals surface area contributed by atoms with E-state index in [0.29, 0.717) is 6.42 Å². The van der Waals surface area contributed by atoms with E-state index in [1.54, 1.807) is 0 Å². The van der Waals surface area contributed by atoms with Gasteiger partial charge in [-0.05, 0) is 31.2 Å². The van der Waals surface area contributed by atoms with Crippen LogP contribution in [-0.4, -0.2) is 35.1 Å². The third kappa shape index (κ3) is 3.81. The Labute approximate surface area is 120 Å². The van der Waals surface area contributed by atoms with E-state index >= 15 is 0 Å². The summed E-state index contributed by atoms with van der Waals surface area (Å²) in [5, 5.41) is 8.92. The van der Waals surface area contributed by atoms with Gasteiger partial charge in [0.15, 0.2) is 0 Å². The minimum Gasteiger partial charge on any atom is -0.396 e. The number of nitrogens with two attached hydrogens (primary N) is 1. The molecule has 1 aromatic rings. The number of aliphatic hydroxyl groups is 1. The molecule has 0 aromatic heterocycles. The van der Waals surface area contributed by atoms with Crippen LogP contribution in [0, 0.1) is 0 Å². The van der Waals surface area contributed by atoms with Crippen molar-refractivity contribution in [1.29, 1.82) is 0 Å². The van der Waals surface area contributed by atoms with Gasteiger partial charge in [0.2, 0.25) is 5.91 Å². The lowest BCUT2D eigenvalue weighted by atomic mass is 10.0. The van der Waals surface area contributed by atoms with Crippen molar-refractivity contribution in [1.82, 2.24) is 4.90 Å². The molecule has 3 N–H and O–H groups in total. The van der Waals surface area contributed by atoms with Crippen LogP contribution in [0.2, 0.25) is 0 Å². The number of amides is 1. The zero-order valence-corrected chi connectivity index (χ0v) is 11.9. The summed E-state index contributed by atoms with van der Waals surface area (Å²) < 4.78 is 0. The van der Waals surface area contributed by atoms with Crippen molar-refractivity contribution in [2.45, 2.75) is 44.2 Å². The van der Waals surface area contributed by atoms with Crippen LogP contribution in [-0.2, 0) is 4.79 Å². The number of rotatable bonds is 6. The van der Waals surface area contributed by atoms with E-state index in [2.05, 4.69) is 0 Å². The summed E-state index contributed by atoms with van der Waals surface area (Å²) in [6.45, 7) is 1.03. The summed E-state index contributed by atoms with van der Waals surface area (Å²) in [6, 6.07) is 9.82. The first-order valence-electron chi connectivity index (χ1n) is 7.43. The summed E-state index contributed by atoms with van der Waals surface area (Å²) in [5.41, 5.74) is 7.13. The van der Waals surface area contributed by atoms with Crippen molar-refractivity contribution in [2.24, 2.45) is 5.73 Å². The van der Waals surface area contributed by atoms with Gasteiger partial charge in [0, 0.05) is 31.7 Å². The second-order valence-electron chi connectivity index (χ2n) is 5.47. The van der Waals surface area contributed by atoms with Crippen LogP contribution >= 0.6 is 0 Å². The molecule has 1 amide bonds. The maximum absolute atomic E-state index is 12.4. The van der Waals surface area contributed by atoms with Crippen LogP contribution in [0.4, 0.5) is 0 Å². The molecule has 110 valence electrons. The molecule has 1 aliphatic rings. The van der Waals surface area contributed by atoms with Gasteiger partial charge >= 0.3 is 0 Å². The smallest absolute Gasteiger partial charge is 0.224 e. The fourth-order valence-corrected chi connectivity index (χ4v) is 2.91. The van der Waals surface area contributed by atoms with Gasteiger partial charge in [0.25, 0.3) is 0 Å². The predicted octanol–water partition coefficient (Wildman–Crippen LogP) is 1.84. The number of aliphatic hydroxyl groups excluding tert-OH is 1. The third-order valence-corrected chi connectivity index (χ3v) is 4.02. The molecule has 20 heavy (non-hydrogen) atoms. The van der Waals surface area contributed by atoms with Gasteiger partial charge in [-0.1, -0.05) is 30.3 Å². The van der Waals surface area contributed by atoms with E-state index in [1.165, 1.54) is 0 Å². The molecule has 0 bridgehead atoms. The lowest BCUT2D eigenvalue weighted by Gasteiger charge is -2.26. The Morgan fingerprint density at radius 3 is 2.85 bits per heavy atom. The van der Waals surface area contributed by atoms with Gasteiger partial charge in [-0.15, -0.1) is 0 Å². The molecule has 2 atom stereocenters. The van der Waals surface area contributed by atoms with E-state index in [4.69, 9.17) is 10.8 Å². The van der Waals surface area contributed by atoms with Gasteiger partial charge in [0.1, 0.15) is 0 Å². The van der Waals surface area contributed by atoms with Crippen LogP contribution in [0.5, 0.6) is 0 Å². The molecule has 2 rings (SSSR count). The highest BCUT2D eigenvalue weighted by Gasteiger charge is 2.28. The minimum atomic E-state index is -0.234. The fraction of sp³-hybridized carbons (Fsp3) is 0.562. The summed E-state index contributed by atoms with van der Waals surface area (Å²) in [6.07, 6.45) is 4.12. The second kappa shape index (κ2) is 7.41. The largest absolute Gasteiger partial charge is 0.396 e. The van der Waals surface area contributed by atoms with Crippen LogP contribution in [0.1, 0.15) is 43.7 Å². The molecular formula is C16H24N2O2. The quantitative estimate of drug-likeness (QED) is 0.833. The maximum Gasteiger partial charge on any atom is 0.224 e. The van der Waals surface area contributed by atoms with Crippen LogP contribution < -0.4 is 5.73 Å². The minimum absolute atomic E-state index is 0.141. The maximum atomic E-state index is 12.4. The Balaban J connectivity index is 1.90. The van der Waals surface area contributed by atoms with E-state index in [-0.39, 0.29) is 24.6 Å². The zero-order chi connectivity index (χ0) is 14.4. The normalized spacial score (nSPS) is 20.1. The van der Waals surface area contributed by atoms with Gasteiger partial charge < -0.3 is 15.7 Å². The van der Waals surface area contributed by atoms with E-state index < -0.39 is 0 Å². The first kappa shape index (κ1) is 15.0. The lowest BCUT2D eigenvalue weighted by Crippen LogP contribution is -2.37. The molecule has 1 fully saturated rings. The monoisotopic (exact) mass is 276 g/mol. The molecule has 1 aliphatic heterocycles. The number of carbonyl (C=O) groups excluding carboxylic acids is 1. The molecule has 1 heterocycles. The topological polar surface area (TPSA) is 66.6 Å². The Hall–Kier alpha value is -1.39. The number of carbonyl (C=O) groups is 1. The van der Waals surface area contributed by atoms with Gasteiger partial charge in [-0.2, -0.15) is 0 Å². The summed E-state index contributed by atoms with van der Waals surface area (Å²) in [4.78, 5) is 14.3. The molecule has 0 aliphatic carbocycles. The summed E-state index contributed by atoms with van der Waals surface area (Å²) in [5.74, 6) is 0.141. The number of benzene rings is 1. The van der Waals surface area contributed by atoms with Crippen molar-refractivity contribution >= 4 is 5.91 Å². The highest BCUT2D eigenvalue weighted by atomic mass is 16.3. The van der Waals surface area contributed by atoms with Crippen LogP contribution in [0.3, 0.4) is 0 Å². The van der Waals surface area contributed by atoms with Crippen molar-refractivity contribution in [3.63, 3.8) is 0 Å². The Bertz CT molecular complexity index is 422. The fourth-order valence-electron chi connectivity index (χ4n) is 2.91. The molecule has 1 aromatic carbocycles. The molecule has 0 saturated carbocycles. The van der Waals surface area contributed by atoms with Crippen molar-refractivity contribution in [2.75, 3.05) is 13.2 Å². The zero-order valence-electron chi connectivity index (χ0n) is 11.9. The molecule has 2 unspecified atom stereocenters. The van der Waals surface area contributed by atoms with E-state index in [9.17, 15) is 4.79 Å². The Kier molecular flexibility index (Phi) is 5.56. The van der Waals surface area contributed by atoms with Crippen LogP contribution in [0.15, 0.2) is 30.3 Å². The van der Waals surface area contributed by atoms with Crippen LogP contribution in [0.25, 0.3) is 0 Å². The van der Waals surface area contributed by atoms with Gasteiger partial charge in [-0.25, -0.2) is 0 Å². The number of nitrogens with zero attached hydrogens (tertiary/aromatic N) is 1. The molecule has 0 radical (unpaired) electrons. The van der Waals surface area contributed by atoms with Gasteiger partial charge in [0.05, 0.1) is 0 Å². The van der Waals surface area contributed by atoms with E-state index in [1.807, 2.05) is 35.2 Å². The van der Waals surface area contributed by atoms with Crippen molar-refractivity contribution in [3.05, 3.63) is 35.9 Å². The lowest BCUT2D eigenvalue weighted by molar-refractivity contribution is -0.132. The van der Waals surface area contributed by atoms with Crippen molar-refractivity contribution < 1.29 is 9.90 Å². The molecule has 1 saturated heterocycles. The highest BCUT2D eigenvalue weighted by molar-refractivity contribution is 5.77. The molecule has 4 nitrogen and oxygen atoms in total. The first-order chi connectivity index (χ1) is 9.72. The molecule has 4 heteroatoms. The first-order valence-corrected chi connectivity index (χ1v) is 7.43. The van der Waals surface area contributed by atoms with E-state index in [0.717, 1.165) is 37.8 Å². The SMILES string of the molecule is NC(CC(=O)N1CCCC1CCCO)c1ccccc1. The standard InChI is InChI=1S/C16H24N2O2/c17-15(13-6-2-1-3-7-13)12-16(20)18-10-4-8-14(18)9-5-11-19/h1-3,6-7,14-15,19H,4-5,8-12,17H2. The Morgan fingerprint density at radius 1 is 1.40 bits per heavy atom. The molecule has 0 spiro atoms. The highest BCUT2D eigenvalue weighted by Crippen LogP contribution is 2.24. The number of hydrogen-bond acceptors (Lipinski definition) is 3. The Morgan fingerprint density at radius 2 is 2.15 bits per heavy atom. The number of likely N-dealkylation sites (tertiary alicyclic amines) is 1. The summed E-state index contributed by atoms with van der Waals surface area (Å²) in [7, 11) is 0. The molecular weight excluding hydrogens is 252 g/mol. The van der Waals surface area contributed by atoms with Gasteiger partial charge in [-0.3, -0.25) is 4.79 Å². The average molecular weight is 276 g/mol.